The average Bonchev–Trinajstić information content (AvgIpc) is 2.85. The summed E-state index contributed by atoms with van der Waals surface area (Å²) in [5.41, 5.74) is 0.460. The van der Waals surface area contributed by atoms with Gasteiger partial charge >= 0.3 is 6.36 Å². The van der Waals surface area contributed by atoms with Gasteiger partial charge in [-0.25, -0.2) is 9.97 Å². The van der Waals surface area contributed by atoms with Crippen LogP contribution in [0.25, 0.3) is 22.3 Å². The second kappa shape index (κ2) is 4.65. The summed E-state index contributed by atoms with van der Waals surface area (Å²) in [5.74, 6) is -0.887. The first-order valence-electron chi connectivity index (χ1n) is 5.82. The van der Waals surface area contributed by atoms with E-state index in [0.29, 0.717) is 11.0 Å². The molecule has 2 heterocycles. The number of halogens is 3. The van der Waals surface area contributed by atoms with Crippen molar-refractivity contribution in [3.05, 3.63) is 36.8 Å². The average molecular weight is 295 g/mol. The standard InChI is InChI=1S/C13H8F3N3O2/c14-13(15,16)21-9-3-1-2-8(20)10(9)11-7-4-5-17-12(7)19-6-18-11/h1-6,20H,(H,17,18,19). The SMILES string of the molecule is Oc1cccc(OC(F)(F)F)c1-c1ncnc2[nH]ccc12. The zero-order valence-electron chi connectivity index (χ0n) is 10.3. The number of aromatic nitrogens is 3. The smallest absolute Gasteiger partial charge is 0.507 e. The van der Waals surface area contributed by atoms with Crippen LogP contribution in [0.5, 0.6) is 11.5 Å². The number of aromatic hydroxyl groups is 1. The Labute approximate surface area is 116 Å². The molecule has 0 aliphatic rings. The Bertz CT molecular complexity index is 799. The third kappa shape index (κ3) is 2.47. The minimum absolute atomic E-state index is 0.137. The van der Waals surface area contributed by atoms with Crippen LogP contribution in [0.2, 0.25) is 0 Å². The summed E-state index contributed by atoms with van der Waals surface area (Å²) in [5, 5.41) is 10.4. The number of phenols is 1. The van der Waals surface area contributed by atoms with E-state index in [1.807, 2.05) is 0 Å². The molecule has 0 aliphatic heterocycles. The molecule has 0 bridgehead atoms. The first kappa shape index (κ1) is 13.2. The highest BCUT2D eigenvalue weighted by Gasteiger charge is 2.33. The van der Waals surface area contributed by atoms with Crippen LogP contribution in [0, 0.1) is 0 Å². The molecule has 0 saturated carbocycles. The molecule has 0 spiro atoms. The summed E-state index contributed by atoms with van der Waals surface area (Å²) in [7, 11) is 0. The molecule has 3 rings (SSSR count). The van der Waals surface area contributed by atoms with Gasteiger partial charge in [0.1, 0.15) is 23.5 Å². The van der Waals surface area contributed by atoms with Crippen molar-refractivity contribution in [3.8, 4) is 22.8 Å². The molecule has 0 atom stereocenters. The number of hydrogen-bond acceptors (Lipinski definition) is 4. The fraction of sp³-hybridized carbons (Fsp3) is 0.0769. The van der Waals surface area contributed by atoms with Gasteiger partial charge in [0.2, 0.25) is 0 Å². The van der Waals surface area contributed by atoms with Gasteiger partial charge in [0, 0.05) is 11.6 Å². The third-order valence-electron chi connectivity index (χ3n) is 2.82. The van der Waals surface area contributed by atoms with Gasteiger partial charge in [-0.3, -0.25) is 0 Å². The number of H-pyrrole nitrogens is 1. The predicted molar refractivity (Wildman–Crippen MR) is 67.7 cm³/mol. The maximum Gasteiger partial charge on any atom is 0.573 e. The molecule has 108 valence electrons. The maximum absolute atomic E-state index is 12.5. The quantitative estimate of drug-likeness (QED) is 0.761. The summed E-state index contributed by atoms with van der Waals surface area (Å²) < 4.78 is 41.4. The van der Waals surface area contributed by atoms with Crippen molar-refractivity contribution >= 4 is 11.0 Å². The zero-order chi connectivity index (χ0) is 15.0. The van der Waals surface area contributed by atoms with Gasteiger partial charge in [0.25, 0.3) is 0 Å². The number of nitrogens with one attached hydrogen (secondary N) is 1. The van der Waals surface area contributed by atoms with E-state index in [9.17, 15) is 18.3 Å². The Balaban J connectivity index is 2.24. The van der Waals surface area contributed by atoms with E-state index < -0.39 is 12.1 Å². The second-order valence-corrected chi connectivity index (χ2v) is 4.16. The molecule has 0 unspecified atom stereocenters. The number of benzene rings is 1. The van der Waals surface area contributed by atoms with Crippen molar-refractivity contribution in [3.63, 3.8) is 0 Å². The van der Waals surface area contributed by atoms with Crippen molar-refractivity contribution < 1.29 is 23.0 Å². The van der Waals surface area contributed by atoms with Crippen LogP contribution in [0.3, 0.4) is 0 Å². The van der Waals surface area contributed by atoms with E-state index in [4.69, 9.17) is 0 Å². The number of hydrogen-bond donors (Lipinski definition) is 2. The molecule has 1 aromatic carbocycles. The lowest BCUT2D eigenvalue weighted by molar-refractivity contribution is -0.274. The fourth-order valence-electron chi connectivity index (χ4n) is 2.04. The molecule has 0 amide bonds. The van der Waals surface area contributed by atoms with E-state index in [1.54, 1.807) is 12.3 Å². The van der Waals surface area contributed by atoms with Crippen molar-refractivity contribution in [1.82, 2.24) is 15.0 Å². The van der Waals surface area contributed by atoms with Crippen molar-refractivity contribution in [2.24, 2.45) is 0 Å². The van der Waals surface area contributed by atoms with E-state index in [1.165, 1.54) is 18.5 Å². The van der Waals surface area contributed by atoms with Crippen LogP contribution in [0.1, 0.15) is 0 Å². The number of nitrogens with zero attached hydrogens (tertiary/aromatic N) is 2. The largest absolute Gasteiger partial charge is 0.573 e. The van der Waals surface area contributed by atoms with Crippen LogP contribution in [0.4, 0.5) is 13.2 Å². The molecule has 21 heavy (non-hydrogen) atoms. The van der Waals surface area contributed by atoms with Crippen molar-refractivity contribution in [2.45, 2.75) is 6.36 Å². The van der Waals surface area contributed by atoms with E-state index in [0.717, 1.165) is 6.07 Å². The number of fused-ring (bicyclic) bond motifs is 1. The minimum Gasteiger partial charge on any atom is -0.507 e. The first-order valence-corrected chi connectivity index (χ1v) is 5.82. The van der Waals surface area contributed by atoms with Crippen LogP contribution in [-0.4, -0.2) is 26.4 Å². The van der Waals surface area contributed by atoms with Crippen molar-refractivity contribution in [2.75, 3.05) is 0 Å². The number of aromatic amines is 1. The summed E-state index contributed by atoms with van der Waals surface area (Å²) in [6.45, 7) is 0. The summed E-state index contributed by atoms with van der Waals surface area (Å²) in [4.78, 5) is 10.7. The van der Waals surface area contributed by atoms with Gasteiger partial charge in [-0.2, -0.15) is 0 Å². The molecule has 5 nitrogen and oxygen atoms in total. The molecule has 2 aromatic heterocycles. The Morgan fingerprint density at radius 3 is 2.71 bits per heavy atom. The lowest BCUT2D eigenvalue weighted by atomic mass is 10.1. The van der Waals surface area contributed by atoms with Gasteiger partial charge in [-0.1, -0.05) is 6.07 Å². The number of phenolic OH excluding ortho intramolecular Hbond substituents is 1. The molecule has 0 aliphatic carbocycles. The lowest BCUT2D eigenvalue weighted by Gasteiger charge is -2.14. The molecule has 3 aromatic rings. The van der Waals surface area contributed by atoms with Crippen LogP contribution >= 0.6 is 0 Å². The second-order valence-electron chi connectivity index (χ2n) is 4.16. The Morgan fingerprint density at radius 2 is 1.95 bits per heavy atom. The highest BCUT2D eigenvalue weighted by atomic mass is 19.4. The Morgan fingerprint density at radius 1 is 1.14 bits per heavy atom. The highest BCUT2D eigenvalue weighted by Crippen LogP contribution is 2.41. The highest BCUT2D eigenvalue weighted by molar-refractivity contribution is 5.94. The van der Waals surface area contributed by atoms with Crippen LogP contribution in [0.15, 0.2) is 36.8 Å². The van der Waals surface area contributed by atoms with E-state index in [-0.39, 0.29) is 17.0 Å². The Kier molecular flexibility index (Phi) is 2.93. The van der Waals surface area contributed by atoms with Gasteiger partial charge in [0.05, 0.1) is 11.3 Å². The topological polar surface area (TPSA) is 71.0 Å². The summed E-state index contributed by atoms with van der Waals surface area (Å²) >= 11 is 0. The molecular weight excluding hydrogens is 287 g/mol. The number of rotatable bonds is 2. The van der Waals surface area contributed by atoms with Gasteiger partial charge < -0.3 is 14.8 Å². The van der Waals surface area contributed by atoms with Gasteiger partial charge in [-0.15, -0.1) is 13.2 Å². The molecule has 0 fully saturated rings. The molecule has 0 radical (unpaired) electrons. The minimum atomic E-state index is -4.87. The normalized spacial score (nSPS) is 11.8. The monoisotopic (exact) mass is 295 g/mol. The maximum atomic E-state index is 12.5. The molecule has 0 saturated heterocycles. The lowest BCUT2D eigenvalue weighted by Crippen LogP contribution is -2.17. The third-order valence-corrected chi connectivity index (χ3v) is 2.82. The van der Waals surface area contributed by atoms with Crippen LogP contribution < -0.4 is 4.74 Å². The van der Waals surface area contributed by atoms with Crippen molar-refractivity contribution in [1.29, 1.82) is 0 Å². The zero-order valence-corrected chi connectivity index (χ0v) is 10.3. The fourth-order valence-corrected chi connectivity index (χ4v) is 2.04. The number of alkyl halides is 3. The first-order chi connectivity index (χ1) is 9.96. The molecular formula is C13H8F3N3O2. The van der Waals surface area contributed by atoms with E-state index >= 15 is 0 Å². The van der Waals surface area contributed by atoms with E-state index in [2.05, 4.69) is 19.7 Å². The van der Waals surface area contributed by atoms with Crippen LogP contribution in [-0.2, 0) is 0 Å². The van der Waals surface area contributed by atoms with Gasteiger partial charge in [-0.05, 0) is 18.2 Å². The molecule has 2 N–H and O–H groups in total. The molecule has 8 heteroatoms. The van der Waals surface area contributed by atoms with Gasteiger partial charge in [0.15, 0.2) is 0 Å². The Hall–Kier alpha value is -2.77. The number of ether oxygens (including phenoxy) is 1. The summed E-state index contributed by atoms with van der Waals surface area (Å²) in [6.07, 6.45) is -2.10. The summed E-state index contributed by atoms with van der Waals surface area (Å²) in [6, 6.07) is 5.24. The predicted octanol–water partition coefficient (Wildman–Crippen LogP) is 3.23.